The van der Waals surface area contributed by atoms with Crippen molar-refractivity contribution in [3.63, 3.8) is 0 Å². The van der Waals surface area contributed by atoms with Crippen LogP contribution in [0.15, 0.2) is 90.4 Å². The Kier molecular flexibility index (Phi) is 5.21. The van der Waals surface area contributed by atoms with Crippen LogP contribution in [0, 0.1) is 0 Å². The molecule has 0 spiro atoms. The van der Waals surface area contributed by atoms with Crippen LogP contribution in [0.4, 0.5) is 0 Å². The highest BCUT2D eigenvalue weighted by molar-refractivity contribution is 7.14. The maximum absolute atomic E-state index is 6.12. The number of thiazole rings is 1. The first-order valence-electron chi connectivity index (χ1n) is 9.42. The number of nitrogens with zero attached hydrogens (tertiary/aromatic N) is 2. The molecular weight excluding hydrogens is 435 g/mol. The molecule has 0 aliphatic rings. The third kappa shape index (κ3) is 3.70. The predicted molar refractivity (Wildman–Crippen MR) is 123 cm³/mol. The van der Waals surface area contributed by atoms with Gasteiger partial charge in [-0.3, -0.25) is 0 Å². The number of rotatable bonds is 5. The van der Waals surface area contributed by atoms with E-state index in [1.165, 1.54) is 0 Å². The summed E-state index contributed by atoms with van der Waals surface area (Å²) in [6.45, 7) is 0.450. The largest absolute Gasteiger partial charge is 0.485 e. The smallest absolute Gasteiger partial charge is 0.351 e. The molecular formula is C24H17Cl2N2OS+. The molecule has 5 aromatic rings. The fourth-order valence-corrected chi connectivity index (χ4v) is 4.65. The lowest BCUT2D eigenvalue weighted by Crippen LogP contribution is -2.27. The number of halogens is 2. The summed E-state index contributed by atoms with van der Waals surface area (Å²) in [6, 6.07) is 25.7. The monoisotopic (exact) mass is 451 g/mol. The van der Waals surface area contributed by atoms with Crippen molar-refractivity contribution in [2.24, 2.45) is 0 Å². The molecule has 5 rings (SSSR count). The Balaban J connectivity index is 1.60. The minimum absolute atomic E-state index is 0.450. The molecule has 0 saturated heterocycles. The summed E-state index contributed by atoms with van der Waals surface area (Å²) < 4.78 is 10.5. The molecule has 0 amide bonds. The van der Waals surface area contributed by atoms with Crippen LogP contribution >= 0.6 is 34.5 Å². The van der Waals surface area contributed by atoms with E-state index in [-0.39, 0.29) is 0 Å². The Morgan fingerprint density at radius 3 is 2.20 bits per heavy atom. The molecule has 0 saturated carbocycles. The number of aromatic nitrogens is 2. The predicted octanol–water partition coefficient (Wildman–Crippen LogP) is 6.83. The molecule has 6 heteroatoms. The van der Waals surface area contributed by atoms with E-state index < -0.39 is 0 Å². The van der Waals surface area contributed by atoms with Gasteiger partial charge in [0.05, 0.1) is 0 Å². The van der Waals surface area contributed by atoms with Crippen LogP contribution in [-0.2, 0) is 6.61 Å². The molecule has 148 valence electrons. The highest BCUT2D eigenvalue weighted by Crippen LogP contribution is 2.28. The van der Waals surface area contributed by atoms with Gasteiger partial charge in [-0.1, -0.05) is 52.7 Å². The molecule has 3 nitrogen and oxygen atoms in total. The zero-order valence-electron chi connectivity index (χ0n) is 15.8. The van der Waals surface area contributed by atoms with Gasteiger partial charge >= 0.3 is 4.96 Å². The van der Waals surface area contributed by atoms with Gasteiger partial charge in [0.1, 0.15) is 17.6 Å². The van der Waals surface area contributed by atoms with Gasteiger partial charge in [-0.05, 0) is 60.7 Å². The average Bonchev–Trinajstić information content (AvgIpc) is 3.35. The highest BCUT2D eigenvalue weighted by Gasteiger charge is 2.25. The van der Waals surface area contributed by atoms with Crippen LogP contribution in [0.1, 0.15) is 5.69 Å². The first kappa shape index (κ1) is 19.2. The van der Waals surface area contributed by atoms with Gasteiger partial charge in [-0.25, -0.2) is 0 Å². The number of hydrogen-bond acceptors (Lipinski definition) is 2. The van der Waals surface area contributed by atoms with Crippen molar-refractivity contribution in [3.05, 3.63) is 106 Å². The first-order chi connectivity index (χ1) is 14.7. The van der Waals surface area contributed by atoms with Crippen molar-refractivity contribution < 1.29 is 9.30 Å². The van der Waals surface area contributed by atoms with Crippen molar-refractivity contribution in [1.29, 1.82) is 0 Å². The molecule has 0 atom stereocenters. The number of imidazole rings is 1. The van der Waals surface area contributed by atoms with Crippen molar-refractivity contribution in [3.8, 4) is 22.7 Å². The molecule has 0 aliphatic heterocycles. The summed E-state index contributed by atoms with van der Waals surface area (Å²) >= 11 is 13.8. The SMILES string of the molecule is Clc1ccc(OCc2csc3n2c(-c2ccc(Cl)cc2)c[n+]3-c2ccccc2)cc1. The Labute approximate surface area is 188 Å². The van der Waals surface area contributed by atoms with Crippen LogP contribution in [0.3, 0.4) is 0 Å². The third-order valence-electron chi connectivity index (χ3n) is 4.85. The molecule has 0 bridgehead atoms. The molecule has 0 N–H and O–H groups in total. The molecule has 0 unspecified atom stereocenters. The number of para-hydroxylation sites is 1. The van der Waals surface area contributed by atoms with Gasteiger partial charge in [-0.2, -0.15) is 8.97 Å². The van der Waals surface area contributed by atoms with E-state index in [9.17, 15) is 0 Å². The molecule has 3 aromatic carbocycles. The van der Waals surface area contributed by atoms with Gasteiger partial charge in [0, 0.05) is 21.0 Å². The van der Waals surface area contributed by atoms with E-state index in [1.807, 2.05) is 66.7 Å². The Morgan fingerprint density at radius 1 is 0.833 bits per heavy atom. The molecule has 2 heterocycles. The van der Waals surface area contributed by atoms with Crippen LogP contribution in [0.5, 0.6) is 5.75 Å². The normalized spacial score (nSPS) is 11.1. The van der Waals surface area contributed by atoms with Crippen molar-refractivity contribution in [2.75, 3.05) is 0 Å². The summed E-state index contributed by atoms with van der Waals surface area (Å²) in [7, 11) is 0. The quantitative estimate of drug-likeness (QED) is 0.267. The first-order valence-corrected chi connectivity index (χ1v) is 11.1. The van der Waals surface area contributed by atoms with Gasteiger partial charge in [0.15, 0.2) is 18.0 Å². The minimum Gasteiger partial charge on any atom is -0.485 e. The minimum atomic E-state index is 0.450. The highest BCUT2D eigenvalue weighted by atomic mass is 35.5. The Bertz CT molecular complexity index is 1290. The van der Waals surface area contributed by atoms with Gasteiger partial charge in [-0.15, -0.1) is 0 Å². The lowest BCUT2D eigenvalue weighted by atomic mass is 10.2. The second-order valence-corrected chi connectivity index (χ2v) is 8.52. The number of hydrogen-bond donors (Lipinski definition) is 0. The Hall–Kier alpha value is -2.79. The summed E-state index contributed by atoms with van der Waals surface area (Å²) in [4.78, 5) is 1.11. The topological polar surface area (TPSA) is 17.5 Å². The molecule has 0 fully saturated rings. The summed E-state index contributed by atoms with van der Waals surface area (Å²) in [5.74, 6) is 0.787. The fraction of sp³-hybridized carbons (Fsp3) is 0.0417. The van der Waals surface area contributed by atoms with Crippen molar-refractivity contribution >= 4 is 39.5 Å². The van der Waals surface area contributed by atoms with Crippen LogP contribution in [-0.4, -0.2) is 4.40 Å². The zero-order chi connectivity index (χ0) is 20.5. The lowest BCUT2D eigenvalue weighted by Gasteiger charge is -2.04. The molecule has 0 radical (unpaired) electrons. The summed E-state index contributed by atoms with van der Waals surface area (Å²) in [5.41, 5.74) is 4.36. The standard InChI is InChI=1S/C24H17Cl2N2OS/c25-18-8-6-17(7-9-18)23-14-27(20-4-2-1-3-5-20)24-28(23)21(16-30-24)15-29-22-12-10-19(26)11-13-22/h1-14,16H,15H2/q+1. The van der Waals surface area contributed by atoms with E-state index >= 15 is 0 Å². The maximum Gasteiger partial charge on any atom is 0.351 e. The van der Waals surface area contributed by atoms with E-state index in [0.29, 0.717) is 11.6 Å². The van der Waals surface area contributed by atoms with E-state index in [2.05, 4.69) is 32.7 Å². The fourth-order valence-electron chi connectivity index (χ4n) is 3.39. The summed E-state index contributed by atoms with van der Waals surface area (Å²) in [5, 5.41) is 3.56. The van der Waals surface area contributed by atoms with Crippen molar-refractivity contribution in [1.82, 2.24) is 4.40 Å². The van der Waals surface area contributed by atoms with E-state index in [4.69, 9.17) is 27.9 Å². The van der Waals surface area contributed by atoms with E-state index in [1.54, 1.807) is 11.3 Å². The average molecular weight is 452 g/mol. The maximum atomic E-state index is 6.12. The number of fused-ring (bicyclic) bond motifs is 1. The lowest BCUT2D eigenvalue weighted by molar-refractivity contribution is -0.563. The molecule has 0 aliphatic carbocycles. The van der Waals surface area contributed by atoms with E-state index in [0.717, 1.165) is 38.4 Å². The van der Waals surface area contributed by atoms with Gasteiger partial charge < -0.3 is 4.74 Å². The Morgan fingerprint density at radius 2 is 1.50 bits per heavy atom. The zero-order valence-corrected chi connectivity index (χ0v) is 18.2. The van der Waals surface area contributed by atoms with Crippen molar-refractivity contribution in [2.45, 2.75) is 6.61 Å². The summed E-state index contributed by atoms with van der Waals surface area (Å²) in [6.07, 6.45) is 2.16. The third-order valence-corrected chi connectivity index (χ3v) is 6.34. The van der Waals surface area contributed by atoms with Crippen LogP contribution in [0.2, 0.25) is 10.0 Å². The van der Waals surface area contributed by atoms with Crippen LogP contribution in [0.25, 0.3) is 21.9 Å². The molecule has 30 heavy (non-hydrogen) atoms. The number of ether oxygens (including phenoxy) is 1. The second-order valence-electron chi connectivity index (χ2n) is 6.81. The number of benzene rings is 3. The van der Waals surface area contributed by atoms with Gasteiger partial charge in [0.2, 0.25) is 0 Å². The molecule has 2 aromatic heterocycles. The van der Waals surface area contributed by atoms with Crippen LogP contribution < -0.4 is 9.30 Å². The second kappa shape index (κ2) is 8.15. The van der Waals surface area contributed by atoms with Gasteiger partial charge in [0.25, 0.3) is 0 Å².